The number of anilines is 1. The summed E-state index contributed by atoms with van der Waals surface area (Å²) in [5, 5.41) is 27.8. The van der Waals surface area contributed by atoms with E-state index in [1.165, 1.54) is 30.5 Å². The molecule has 2 fully saturated rings. The molecule has 2 aromatic rings. The molecule has 2 aliphatic rings. The van der Waals surface area contributed by atoms with Gasteiger partial charge in [-0.2, -0.15) is 0 Å². The van der Waals surface area contributed by atoms with Crippen LogP contribution in [0.1, 0.15) is 114 Å². The first-order valence-electron chi connectivity index (χ1n) is 13.0. The zero-order chi connectivity index (χ0) is 23.4. The van der Waals surface area contributed by atoms with Crippen molar-refractivity contribution in [3.8, 4) is 0 Å². The first-order chi connectivity index (χ1) is 16.0. The molecule has 0 aromatic carbocycles. The van der Waals surface area contributed by atoms with E-state index in [1.807, 2.05) is 6.20 Å². The smallest absolute Gasteiger partial charge is 0.306 e. The van der Waals surface area contributed by atoms with Crippen molar-refractivity contribution < 1.29 is 15.0 Å². The van der Waals surface area contributed by atoms with E-state index in [-0.39, 0.29) is 12.0 Å². The number of carboxylic acid groups (broad SMARTS) is 1. The van der Waals surface area contributed by atoms with E-state index in [4.69, 9.17) is 5.10 Å². The Balaban J connectivity index is 1.60. The summed E-state index contributed by atoms with van der Waals surface area (Å²) < 4.78 is 2.09. The van der Waals surface area contributed by atoms with Crippen LogP contribution < -0.4 is 5.32 Å². The minimum absolute atomic E-state index is 0.186. The number of aromatic nitrogens is 3. The standard InChI is InChI=1S/C26H40N4O3/c1-3-4-5-6-17(2)28-26-27-16-24-22(18-7-9-20(10-8-18)25(32)33)15-23(30(24)29-26)19-11-13-21(31)14-12-19/h15-21,31H,3-14H2,1-2H3,(H,28,29)(H,32,33)/t17-,18?,19?,20?,21?/m0/s1. The number of aliphatic hydroxyl groups excluding tert-OH is 1. The molecule has 0 unspecified atom stereocenters. The number of fused-ring (bicyclic) bond motifs is 1. The topological polar surface area (TPSA) is 99.8 Å². The number of nitrogens with zero attached hydrogens (tertiary/aromatic N) is 3. The molecule has 0 spiro atoms. The highest BCUT2D eigenvalue weighted by atomic mass is 16.4. The molecular formula is C26H40N4O3. The molecule has 0 saturated heterocycles. The number of unbranched alkanes of at least 4 members (excludes halogenated alkanes) is 2. The van der Waals surface area contributed by atoms with E-state index < -0.39 is 5.97 Å². The second-order valence-electron chi connectivity index (χ2n) is 10.3. The second-order valence-corrected chi connectivity index (χ2v) is 10.3. The molecule has 1 atom stereocenters. The lowest BCUT2D eigenvalue weighted by atomic mass is 9.78. The van der Waals surface area contributed by atoms with Gasteiger partial charge in [0.15, 0.2) is 0 Å². The Morgan fingerprint density at radius 2 is 1.82 bits per heavy atom. The lowest BCUT2D eigenvalue weighted by Gasteiger charge is -2.26. The Morgan fingerprint density at radius 3 is 2.48 bits per heavy atom. The van der Waals surface area contributed by atoms with Gasteiger partial charge in [-0.05, 0) is 82.3 Å². The normalized spacial score (nSPS) is 26.9. The molecule has 7 nitrogen and oxygen atoms in total. The van der Waals surface area contributed by atoms with Crippen LogP contribution >= 0.6 is 0 Å². The summed E-state index contributed by atoms with van der Waals surface area (Å²) in [5.74, 6) is 0.531. The number of nitrogens with one attached hydrogen (secondary N) is 1. The van der Waals surface area contributed by atoms with Crippen LogP contribution in [0, 0.1) is 5.92 Å². The largest absolute Gasteiger partial charge is 0.481 e. The average molecular weight is 457 g/mol. The van der Waals surface area contributed by atoms with E-state index in [2.05, 4.69) is 34.7 Å². The van der Waals surface area contributed by atoms with Gasteiger partial charge in [0.25, 0.3) is 0 Å². The highest BCUT2D eigenvalue weighted by Gasteiger charge is 2.31. The van der Waals surface area contributed by atoms with Crippen molar-refractivity contribution in [2.45, 2.75) is 115 Å². The van der Waals surface area contributed by atoms with E-state index >= 15 is 0 Å². The van der Waals surface area contributed by atoms with Crippen LogP contribution in [-0.4, -0.2) is 42.9 Å². The van der Waals surface area contributed by atoms with Crippen molar-refractivity contribution in [1.29, 1.82) is 0 Å². The third-order valence-corrected chi connectivity index (χ3v) is 7.82. The average Bonchev–Trinajstić information content (AvgIpc) is 3.18. The molecular weight excluding hydrogens is 416 g/mol. The Hall–Kier alpha value is -2.15. The zero-order valence-electron chi connectivity index (χ0n) is 20.2. The first kappa shape index (κ1) is 24.0. The van der Waals surface area contributed by atoms with Crippen LogP contribution in [-0.2, 0) is 4.79 Å². The number of aliphatic carboxylic acids is 1. The summed E-state index contributed by atoms with van der Waals surface area (Å²) in [4.78, 5) is 16.1. The maximum Gasteiger partial charge on any atom is 0.306 e. The minimum atomic E-state index is -0.663. The molecule has 182 valence electrons. The number of carboxylic acids is 1. The van der Waals surface area contributed by atoms with Gasteiger partial charge < -0.3 is 15.5 Å². The summed E-state index contributed by atoms with van der Waals surface area (Å²) in [6.07, 6.45) is 13.4. The summed E-state index contributed by atoms with van der Waals surface area (Å²) in [6.45, 7) is 4.41. The number of carbonyl (C=O) groups is 1. The highest BCUT2D eigenvalue weighted by molar-refractivity contribution is 5.70. The van der Waals surface area contributed by atoms with Crippen LogP contribution in [0.15, 0.2) is 12.3 Å². The summed E-state index contributed by atoms with van der Waals surface area (Å²) in [7, 11) is 0. The van der Waals surface area contributed by atoms with Crippen LogP contribution in [0.3, 0.4) is 0 Å². The Kier molecular flexibility index (Phi) is 7.89. The molecule has 2 heterocycles. The van der Waals surface area contributed by atoms with Crippen molar-refractivity contribution in [2.24, 2.45) is 5.92 Å². The van der Waals surface area contributed by atoms with Crippen LogP contribution in [0.2, 0.25) is 0 Å². The third-order valence-electron chi connectivity index (χ3n) is 7.82. The van der Waals surface area contributed by atoms with Crippen molar-refractivity contribution >= 4 is 17.4 Å². The van der Waals surface area contributed by atoms with Crippen molar-refractivity contribution in [1.82, 2.24) is 14.6 Å². The fourth-order valence-electron chi connectivity index (χ4n) is 5.74. The summed E-state index contributed by atoms with van der Waals surface area (Å²) in [6, 6.07) is 2.63. The summed E-state index contributed by atoms with van der Waals surface area (Å²) in [5.41, 5.74) is 3.54. The predicted molar refractivity (Wildman–Crippen MR) is 130 cm³/mol. The second kappa shape index (κ2) is 10.9. The predicted octanol–water partition coefficient (Wildman–Crippen LogP) is 5.49. The van der Waals surface area contributed by atoms with E-state index in [9.17, 15) is 15.0 Å². The monoisotopic (exact) mass is 456 g/mol. The molecule has 2 aromatic heterocycles. The minimum Gasteiger partial charge on any atom is -0.481 e. The molecule has 3 N–H and O–H groups in total. The van der Waals surface area contributed by atoms with Gasteiger partial charge in [-0.15, -0.1) is 5.10 Å². The molecule has 0 bridgehead atoms. The molecule has 33 heavy (non-hydrogen) atoms. The van der Waals surface area contributed by atoms with E-state index in [1.54, 1.807) is 0 Å². The van der Waals surface area contributed by atoms with Crippen molar-refractivity contribution in [2.75, 3.05) is 5.32 Å². The van der Waals surface area contributed by atoms with Gasteiger partial charge in [0.2, 0.25) is 5.95 Å². The highest BCUT2D eigenvalue weighted by Crippen LogP contribution is 2.41. The van der Waals surface area contributed by atoms with Gasteiger partial charge in [-0.25, -0.2) is 9.50 Å². The fraction of sp³-hybridized carbons (Fsp3) is 0.731. The van der Waals surface area contributed by atoms with Crippen molar-refractivity contribution in [3.63, 3.8) is 0 Å². The van der Waals surface area contributed by atoms with Gasteiger partial charge in [0.05, 0.1) is 23.7 Å². The van der Waals surface area contributed by atoms with Gasteiger partial charge in [0, 0.05) is 17.7 Å². The van der Waals surface area contributed by atoms with Gasteiger partial charge in [-0.3, -0.25) is 4.79 Å². The number of hydrogen-bond acceptors (Lipinski definition) is 5. The maximum absolute atomic E-state index is 11.4. The molecule has 4 rings (SSSR count). The lowest BCUT2D eigenvalue weighted by Crippen LogP contribution is -2.20. The molecule has 0 amide bonds. The fourth-order valence-corrected chi connectivity index (χ4v) is 5.74. The van der Waals surface area contributed by atoms with Crippen LogP contribution in [0.25, 0.3) is 5.52 Å². The maximum atomic E-state index is 11.4. The SMILES string of the molecule is CCCCC[C@H](C)Nc1ncc2c(C3CCC(C(=O)O)CC3)cc(C3CCC(O)CC3)n2n1. The van der Waals surface area contributed by atoms with Gasteiger partial charge in [-0.1, -0.05) is 26.2 Å². The molecule has 2 saturated carbocycles. The molecule has 0 aliphatic heterocycles. The van der Waals surface area contributed by atoms with Crippen LogP contribution in [0.5, 0.6) is 0 Å². The number of rotatable bonds is 9. The Labute approximate surface area is 197 Å². The van der Waals surface area contributed by atoms with Gasteiger partial charge in [0.1, 0.15) is 0 Å². The quantitative estimate of drug-likeness (QED) is 0.432. The van der Waals surface area contributed by atoms with Crippen molar-refractivity contribution in [3.05, 3.63) is 23.5 Å². The first-order valence-corrected chi connectivity index (χ1v) is 13.0. The van der Waals surface area contributed by atoms with E-state index in [0.717, 1.165) is 63.3 Å². The summed E-state index contributed by atoms with van der Waals surface area (Å²) >= 11 is 0. The third kappa shape index (κ3) is 5.68. The number of aliphatic hydroxyl groups is 1. The molecule has 7 heteroatoms. The zero-order valence-corrected chi connectivity index (χ0v) is 20.2. The van der Waals surface area contributed by atoms with E-state index in [0.29, 0.717) is 23.8 Å². The number of hydrogen-bond donors (Lipinski definition) is 3. The van der Waals surface area contributed by atoms with Crippen LogP contribution in [0.4, 0.5) is 5.95 Å². The molecule has 0 radical (unpaired) electrons. The molecule has 2 aliphatic carbocycles. The lowest BCUT2D eigenvalue weighted by molar-refractivity contribution is -0.142. The van der Waals surface area contributed by atoms with Gasteiger partial charge >= 0.3 is 5.97 Å². The Morgan fingerprint density at radius 1 is 1.12 bits per heavy atom. The Bertz CT molecular complexity index is 927.